The molecule has 0 aromatic heterocycles. The summed E-state index contributed by atoms with van der Waals surface area (Å²) in [5.41, 5.74) is 0. The smallest absolute Gasteiger partial charge is 0.235 e. The number of carbonyl (C=O) groups excluding carboxylic acids is 3. The van der Waals surface area contributed by atoms with Gasteiger partial charge in [0.25, 0.3) is 0 Å². The highest BCUT2D eigenvalue weighted by Crippen LogP contribution is 2.48. The van der Waals surface area contributed by atoms with Crippen molar-refractivity contribution < 1.29 is 19.1 Å². The maximum atomic E-state index is 12.1. The van der Waals surface area contributed by atoms with Gasteiger partial charge in [0, 0.05) is 13.0 Å². The average molecular weight is 258 g/mol. The largest absolute Gasteiger partial charge is 0.373 e. The van der Waals surface area contributed by atoms with Crippen LogP contribution in [0.5, 0.6) is 0 Å². The minimum atomic E-state index is -0.526. The minimum absolute atomic E-state index is 0.0225. The molecule has 6 heteroatoms. The van der Waals surface area contributed by atoms with Gasteiger partial charge in [-0.3, -0.25) is 19.3 Å². The number of carbonyl (C=O) groups is 3. The summed E-state index contributed by atoms with van der Waals surface area (Å²) >= 11 is 5.23. The van der Waals surface area contributed by atoms with E-state index in [0.29, 0.717) is 0 Å². The van der Waals surface area contributed by atoms with Gasteiger partial charge in [-0.1, -0.05) is 0 Å². The lowest BCUT2D eigenvalue weighted by molar-refractivity contribution is -0.142. The van der Waals surface area contributed by atoms with Crippen molar-refractivity contribution in [2.24, 2.45) is 11.8 Å². The van der Waals surface area contributed by atoms with Crippen LogP contribution in [0, 0.1) is 11.8 Å². The third-order valence-electron chi connectivity index (χ3n) is 3.91. The summed E-state index contributed by atoms with van der Waals surface area (Å²) in [6, 6.07) is 0. The van der Waals surface area contributed by atoms with Gasteiger partial charge in [0.1, 0.15) is 0 Å². The maximum absolute atomic E-state index is 12.1. The summed E-state index contributed by atoms with van der Waals surface area (Å²) in [5.74, 6) is -1.01. The van der Waals surface area contributed by atoms with Crippen molar-refractivity contribution in [1.29, 1.82) is 0 Å². The number of amides is 2. The van der Waals surface area contributed by atoms with Crippen molar-refractivity contribution in [2.45, 2.75) is 31.5 Å². The Morgan fingerprint density at radius 2 is 1.76 bits per heavy atom. The highest BCUT2D eigenvalue weighted by molar-refractivity contribution is 6.63. The lowest BCUT2D eigenvalue weighted by atomic mass is 9.81. The van der Waals surface area contributed by atoms with E-state index in [9.17, 15) is 14.4 Å². The molecule has 17 heavy (non-hydrogen) atoms. The van der Waals surface area contributed by atoms with Crippen molar-refractivity contribution in [2.75, 3.05) is 6.54 Å². The van der Waals surface area contributed by atoms with E-state index in [2.05, 4.69) is 0 Å². The van der Waals surface area contributed by atoms with Crippen LogP contribution in [0.15, 0.2) is 0 Å². The Labute approximate surface area is 103 Å². The van der Waals surface area contributed by atoms with E-state index in [1.807, 2.05) is 0 Å². The quantitative estimate of drug-likeness (QED) is 0.539. The minimum Gasteiger partial charge on any atom is -0.373 e. The summed E-state index contributed by atoms with van der Waals surface area (Å²) in [7, 11) is 0. The highest BCUT2D eigenvalue weighted by Gasteiger charge is 2.62. The van der Waals surface area contributed by atoms with Crippen molar-refractivity contribution in [3.05, 3.63) is 0 Å². The molecule has 3 fully saturated rings. The molecule has 0 aromatic carbocycles. The topological polar surface area (TPSA) is 63.7 Å². The second-order valence-corrected chi connectivity index (χ2v) is 5.20. The Hall–Kier alpha value is -0.940. The van der Waals surface area contributed by atoms with Gasteiger partial charge >= 0.3 is 0 Å². The van der Waals surface area contributed by atoms with Gasteiger partial charge in [-0.05, 0) is 24.4 Å². The number of nitrogens with zero attached hydrogens (tertiary/aromatic N) is 1. The van der Waals surface area contributed by atoms with Gasteiger partial charge in [0.05, 0.1) is 24.0 Å². The van der Waals surface area contributed by atoms with E-state index in [4.69, 9.17) is 16.3 Å². The third-order valence-corrected chi connectivity index (χ3v) is 4.10. The van der Waals surface area contributed by atoms with E-state index in [-0.39, 0.29) is 48.8 Å². The van der Waals surface area contributed by atoms with E-state index in [1.165, 1.54) is 4.90 Å². The van der Waals surface area contributed by atoms with Crippen molar-refractivity contribution in [1.82, 2.24) is 4.90 Å². The predicted octanol–water partition coefficient (Wildman–Crippen LogP) is 0.304. The Morgan fingerprint density at radius 1 is 1.24 bits per heavy atom. The summed E-state index contributed by atoms with van der Waals surface area (Å²) in [5, 5.41) is -0.526. The summed E-state index contributed by atoms with van der Waals surface area (Å²) in [6.45, 7) is 0.104. The van der Waals surface area contributed by atoms with E-state index in [1.54, 1.807) is 0 Å². The fourth-order valence-electron chi connectivity index (χ4n) is 3.19. The molecular formula is C11H12ClNO4. The normalized spacial score (nSPS) is 39.0. The lowest BCUT2D eigenvalue weighted by Crippen LogP contribution is -2.35. The van der Waals surface area contributed by atoms with E-state index < -0.39 is 5.24 Å². The summed E-state index contributed by atoms with van der Waals surface area (Å²) in [6.07, 6.45) is 1.53. The third kappa shape index (κ3) is 1.52. The predicted molar refractivity (Wildman–Crippen MR) is 57.1 cm³/mol. The molecule has 4 atom stereocenters. The van der Waals surface area contributed by atoms with Crippen molar-refractivity contribution in [3.8, 4) is 0 Å². The molecule has 4 unspecified atom stereocenters. The summed E-state index contributed by atoms with van der Waals surface area (Å²) in [4.78, 5) is 36.0. The molecule has 0 spiro atoms. The first-order chi connectivity index (χ1) is 8.09. The fourth-order valence-corrected chi connectivity index (χ4v) is 3.28. The van der Waals surface area contributed by atoms with Gasteiger partial charge in [-0.2, -0.15) is 0 Å². The zero-order valence-corrected chi connectivity index (χ0v) is 9.85. The van der Waals surface area contributed by atoms with Crippen LogP contribution < -0.4 is 0 Å². The zero-order chi connectivity index (χ0) is 12.2. The standard InChI is InChI=1S/C11H12ClNO4/c12-7(14)3-4-13-10(15)8-5-1-2-6(17-5)9(8)11(13)16/h5-6,8-9H,1-4H2. The molecule has 3 rings (SSSR count). The first-order valence-corrected chi connectivity index (χ1v) is 6.16. The highest BCUT2D eigenvalue weighted by atomic mass is 35.5. The zero-order valence-electron chi connectivity index (χ0n) is 9.10. The van der Waals surface area contributed by atoms with Crippen molar-refractivity contribution in [3.63, 3.8) is 0 Å². The molecule has 0 saturated carbocycles. The molecule has 0 aliphatic carbocycles. The molecular weight excluding hydrogens is 246 g/mol. The molecule has 3 aliphatic rings. The van der Waals surface area contributed by atoms with Crippen LogP contribution in [0.3, 0.4) is 0 Å². The molecule has 0 aromatic rings. The summed E-state index contributed by atoms with van der Waals surface area (Å²) < 4.78 is 5.59. The molecule has 92 valence electrons. The van der Waals surface area contributed by atoms with Crippen LogP contribution in [0.4, 0.5) is 0 Å². The SMILES string of the molecule is O=C(Cl)CCN1C(=O)C2C3CCC(O3)C2C1=O. The van der Waals surface area contributed by atoms with Crippen LogP contribution in [-0.2, 0) is 19.1 Å². The van der Waals surface area contributed by atoms with Gasteiger partial charge in [0.15, 0.2) is 0 Å². The molecule has 2 amide bonds. The van der Waals surface area contributed by atoms with Gasteiger partial charge in [-0.15, -0.1) is 0 Å². The second-order valence-electron chi connectivity index (χ2n) is 4.78. The van der Waals surface area contributed by atoms with Crippen LogP contribution >= 0.6 is 11.6 Å². The number of hydrogen-bond acceptors (Lipinski definition) is 4. The fraction of sp³-hybridized carbons (Fsp3) is 0.727. The number of rotatable bonds is 3. The number of hydrogen-bond donors (Lipinski definition) is 0. The van der Waals surface area contributed by atoms with Gasteiger partial charge < -0.3 is 4.74 Å². The number of likely N-dealkylation sites (tertiary alicyclic amines) is 1. The number of fused-ring (bicyclic) bond motifs is 5. The molecule has 3 heterocycles. The van der Waals surface area contributed by atoms with Crippen LogP contribution in [0.25, 0.3) is 0 Å². The number of ether oxygens (including phenoxy) is 1. The Balaban J connectivity index is 1.78. The van der Waals surface area contributed by atoms with Crippen LogP contribution in [0.2, 0.25) is 0 Å². The maximum Gasteiger partial charge on any atom is 0.235 e. The average Bonchev–Trinajstić information content (AvgIpc) is 2.92. The van der Waals surface area contributed by atoms with Crippen molar-refractivity contribution >= 4 is 28.7 Å². The molecule has 0 N–H and O–H groups in total. The molecule has 2 bridgehead atoms. The van der Waals surface area contributed by atoms with E-state index >= 15 is 0 Å². The molecule has 3 aliphatic heterocycles. The first kappa shape index (κ1) is 11.2. The Bertz CT molecular complexity index is 382. The Morgan fingerprint density at radius 3 is 2.24 bits per heavy atom. The number of imide groups is 1. The van der Waals surface area contributed by atoms with Crippen LogP contribution in [-0.4, -0.2) is 40.7 Å². The molecule has 0 radical (unpaired) electrons. The molecule has 3 saturated heterocycles. The van der Waals surface area contributed by atoms with Gasteiger partial charge in [-0.25, -0.2) is 0 Å². The van der Waals surface area contributed by atoms with Gasteiger partial charge in [0.2, 0.25) is 17.1 Å². The lowest BCUT2D eigenvalue weighted by Gasteiger charge is -2.16. The number of halogens is 1. The molecule has 5 nitrogen and oxygen atoms in total. The first-order valence-electron chi connectivity index (χ1n) is 5.78. The van der Waals surface area contributed by atoms with Crippen LogP contribution in [0.1, 0.15) is 19.3 Å². The second kappa shape index (κ2) is 3.78. The Kier molecular flexibility index (Phi) is 2.48. The monoisotopic (exact) mass is 257 g/mol. The van der Waals surface area contributed by atoms with E-state index in [0.717, 1.165) is 12.8 Å².